The standard InChI is InChI=1S/C5H11N3O4/c6-1-3(8-5(11)12)2-7-4(9)10/h3,7-8H,1-2,6H2,(H,9,10)(H,11,12)/t3-/m1/s1. The van der Waals surface area contributed by atoms with Crippen molar-refractivity contribution < 1.29 is 19.8 Å². The lowest BCUT2D eigenvalue weighted by molar-refractivity contribution is 0.184. The quantitative estimate of drug-likeness (QED) is 0.370. The Bertz CT molecular complexity index is 172. The molecule has 7 heteroatoms. The number of nitrogens with two attached hydrogens (primary N) is 1. The highest BCUT2D eigenvalue weighted by atomic mass is 16.4. The van der Waals surface area contributed by atoms with Gasteiger partial charge in [0.25, 0.3) is 0 Å². The van der Waals surface area contributed by atoms with E-state index in [1.165, 1.54) is 0 Å². The summed E-state index contributed by atoms with van der Waals surface area (Å²) in [5, 5.41) is 20.5. The van der Waals surface area contributed by atoms with Gasteiger partial charge in [0.15, 0.2) is 0 Å². The summed E-state index contributed by atoms with van der Waals surface area (Å²) in [5.74, 6) is 0. The van der Waals surface area contributed by atoms with Crippen LogP contribution in [0.5, 0.6) is 0 Å². The molecule has 0 fully saturated rings. The van der Waals surface area contributed by atoms with E-state index >= 15 is 0 Å². The molecule has 0 radical (unpaired) electrons. The van der Waals surface area contributed by atoms with Crippen LogP contribution in [0.4, 0.5) is 9.59 Å². The van der Waals surface area contributed by atoms with E-state index in [1.54, 1.807) is 0 Å². The summed E-state index contributed by atoms with van der Waals surface area (Å²) in [6.45, 7) is 0.0186. The lowest BCUT2D eigenvalue weighted by Crippen LogP contribution is -2.47. The molecule has 1 atom stereocenters. The molecule has 0 spiro atoms. The van der Waals surface area contributed by atoms with E-state index in [9.17, 15) is 9.59 Å². The normalized spacial score (nSPS) is 11.8. The van der Waals surface area contributed by atoms with Crippen molar-refractivity contribution in [3.8, 4) is 0 Å². The minimum Gasteiger partial charge on any atom is -0.465 e. The Hall–Kier alpha value is -1.50. The molecule has 0 aromatic carbocycles. The van der Waals surface area contributed by atoms with Crippen LogP contribution >= 0.6 is 0 Å². The number of nitrogens with one attached hydrogen (secondary N) is 2. The highest BCUT2D eigenvalue weighted by Crippen LogP contribution is 1.77. The average Bonchev–Trinajstić information content (AvgIpc) is 1.97. The third kappa shape index (κ3) is 5.30. The maximum Gasteiger partial charge on any atom is 0.404 e. The van der Waals surface area contributed by atoms with Gasteiger partial charge in [-0.05, 0) is 0 Å². The van der Waals surface area contributed by atoms with Crippen LogP contribution in [0.1, 0.15) is 0 Å². The first-order chi connectivity index (χ1) is 5.56. The molecule has 7 nitrogen and oxygen atoms in total. The molecular formula is C5H11N3O4. The smallest absolute Gasteiger partial charge is 0.404 e. The number of carboxylic acid groups (broad SMARTS) is 2. The highest BCUT2D eigenvalue weighted by molar-refractivity contribution is 5.66. The van der Waals surface area contributed by atoms with Crippen LogP contribution in [-0.2, 0) is 0 Å². The number of amides is 2. The predicted octanol–water partition coefficient (Wildman–Crippen LogP) is -1.15. The zero-order chi connectivity index (χ0) is 9.56. The summed E-state index contributed by atoms with van der Waals surface area (Å²) in [4.78, 5) is 20.0. The second-order valence-corrected chi connectivity index (χ2v) is 2.07. The van der Waals surface area contributed by atoms with E-state index < -0.39 is 18.2 Å². The molecule has 0 rings (SSSR count). The van der Waals surface area contributed by atoms with Crippen molar-refractivity contribution in [1.29, 1.82) is 0 Å². The van der Waals surface area contributed by atoms with Gasteiger partial charge in [0.2, 0.25) is 0 Å². The van der Waals surface area contributed by atoms with E-state index in [4.69, 9.17) is 15.9 Å². The van der Waals surface area contributed by atoms with Gasteiger partial charge in [-0.1, -0.05) is 0 Å². The van der Waals surface area contributed by atoms with Crippen LogP contribution in [0.25, 0.3) is 0 Å². The Morgan fingerprint density at radius 2 is 1.92 bits per heavy atom. The molecule has 0 saturated carbocycles. The second kappa shape index (κ2) is 5.19. The summed E-state index contributed by atoms with van der Waals surface area (Å²) in [6.07, 6.45) is -2.43. The van der Waals surface area contributed by atoms with Crippen LogP contribution in [0, 0.1) is 0 Å². The predicted molar refractivity (Wildman–Crippen MR) is 40.0 cm³/mol. The van der Waals surface area contributed by atoms with Crippen LogP contribution in [-0.4, -0.2) is 41.5 Å². The molecule has 70 valence electrons. The van der Waals surface area contributed by atoms with Crippen molar-refractivity contribution in [1.82, 2.24) is 10.6 Å². The van der Waals surface area contributed by atoms with Crippen molar-refractivity contribution in [3.63, 3.8) is 0 Å². The van der Waals surface area contributed by atoms with E-state index in [2.05, 4.69) is 5.32 Å². The Balaban J connectivity index is 3.67. The fraction of sp³-hybridized carbons (Fsp3) is 0.600. The van der Waals surface area contributed by atoms with Gasteiger partial charge >= 0.3 is 12.2 Å². The van der Waals surface area contributed by atoms with E-state index in [0.29, 0.717) is 0 Å². The minimum atomic E-state index is -1.22. The van der Waals surface area contributed by atoms with Gasteiger partial charge in [-0.2, -0.15) is 0 Å². The summed E-state index contributed by atoms with van der Waals surface area (Å²) in [6, 6.07) is -0.585. The van der Waals surface area contributed by atoms with Gasteiger partial charge in [0, 0.05) is 13.1 Å². The lowest BCUT2D eigenvalue weighted by atomic mass is 10.3. The summed E-state index contributed by atoms with van der Waals surface area (Å²) < 4.78 is 0. The van der Waals surface area contributed by atoms with E-state index in [0.717, 1.165) is 0 Å². The largest absolute Gasteiger partial charge is 0.465 e. The van der Waals surface area contributed by atoms with Crippen molar-refractivity contribution in [2.24, 2.45) is 5.73 Å². The fourth-order valence-electron chi connectivity index (χ4n) is 0.578. The Labute approximate surface area is 68.6 Å². The molecule has 0 aromatic rings. The topological polar surface area (TPSA) is 125 Å². The first-order valence-corrected chi connectivity index (χ1v) is 3.22. The van der Waals surface area contributed by atoms with E-state index in [1.807, 2.05) is 5.32 Å². The molecule has 0 aliphatic heterocycles. The average molecular weight is 177 g/mol. The van der Waals surface area contributed by atoms with Crippen molar-refractivity contribution in [2.75, 3.05) is 13.1 Å². The number of hydrogen-bond acceptors (Lipinski definition) is 3. The summed E-state index contributed by atoms with van der Waals surface area (Å²) in [5.41, 5.74) is 5.15. The van der Waals surface area contributed by atoms with Crippen LogP contribution in [0.3, 0.4) is 0 Å². The Morgan fingerprint density at radius 3 is 2.25 bits per heavy atom. The number of hydrogen-bond donors (Lipinski definition) is 5. The first kappa shape index (κ1) is 10.5. The minimum absolute atomic E-state index is 0.0296. The van der Waals surface area contributed by atoms with Gasteiger partial charge in [-0.25, -0.2) is 9.59 Å². The monoisotopic (exact) mass is 177 g/mol. The molecular weight excluding hydrogens is 166 g/mol. The van der Waals surface area contributed by atoms with Crippen molar-refractivity contribution in [2.45, 2.75) is 6.04 Å². The Morgan fingerprint density at radius 1 is 1.33 bits per heavy atom. The third-order valence-corrected chi connectivity index (χ3v) is 1.11. The molecule has 0 saturated heterocycles. The van der Waals surface area contributed by atoms with Crippen molar-refractivity contribution >= 4 is 12.2 Å². The third-order valence-electron chi connectivity index (χ3n) is 1.11. The molecule has 2 amide bonds. The highest BCUT2D eigenvalue weighted by Gasteiger charge is 2.09. The number of rotatable bonds is 4. The van der Waals surface area contributed by atoms with Crippen LogP contribution in [0.2, 0.25) is 0 Å². The first-order valence-electron chi connectivity index (χ1n) is 3.22. The zero-order valence-corrected chi connectivity index (χ0v) is 6.28. The molecule has 0 aromatic heterocycles. The SMILES string of the molecule is NC[C@H](CNC(=O)O)NC(=O)O. The van der Waals surface area contributed by atoms with Gasteiger partial charge in [0.1, 0.15) is 0 Å². The summed E-state index contributed by atoms with van der Waals surface area (Å²) >= 11 is 0. The fourth-order valence-corrected chi connectivity index (χ4v) is 0.578. The zero-order valence-electron chi connectivity index (χ0n) is 6.28. The lowest BCUT2D eigenvalue weighted by Gasteiger charge is -2.13. The van der Waals surface area contributed by atoms with Gasteiger partial charge in [-0.15, -0.1) is 0 Å². The molecule has 0 bridgehead atoms. The van der Waals surface area contributed by atoms with Gasteiger partial charge in [0.05, 0.1) is 6.04 Å². The molecule has 0 unspecified atom stereocenters. The van der Waals surface area contributed by atoms with Gasteiger partial charge < -0.3 is 26.6 Å². The number of carbonyl (C=O) groups is 2. The second-order valence-electron chi connectivity index (χ2n) is 2.07. The maximum atomic E-state index is 10.1. The summed E-state index contributed by atoms with van der Waals surface area (Å²) in [7, 11) is 0. The molecule has 0 aliphatic carbocycles. The van der Waals surface area contributed by atoms with E-state index in [-0.39, 0.29) is 13.1 Å². The molecule has 6 N–H and O–H groups in total. The molecule has 12 heavy (non-hydrogen) atoms. The van der Waals surface area contributed by atoms with Crippen molar-refractivity contribution in [3.05, 3.63) is 0 Å². The van der Waals surface area contributed by atoms with Crippen LogP contribution < -0.4 is 16.4 Å². The maximum absolute atomic E-state index is 10.1. The Kier molecular flexibility index (Phi) is 4.54. The molecule has 0 heterocycles. The van der Waals surface area contributed by atoms with Crippen LogP contribution in [0.15, 0.2) is 0 Å². The van der Waals surface area contributed by atoms with Gasteiger partial charge in [-0.3, -0.25) is 0 Å². The molecule has 0 aliphatic rings.